The smallest absolute Gasteiger partial charge is 0.260 e. The van der Waals surface area contributed by atoms with E-state index in [1.807, 2.05) is 47.5 Å². The maximum absolute atomic E-state index is 13.6. The molecule has 5 nitrogen and oxygen atoms in total. The normalized spacial score (nSPS) is 18.7. The van der Waals surface area contributed by atoms with E-state index in [1.165, 1.54) is 18.5 Å². The van der Waals surface area contributed by atoms with Gasteiger partial charge in [-0.1, -0.05) is 24.3 Å². The van der Waals surface area contributed by atoms with Crippen molar-refractivity contribution in [2.45, 2.75) is 25.3 Å². The minimum Gasteiger partial charge on any atom is -0.365 e. The molecule has 0 bridgehead atoms. The summed E-state index contributed by atoms with van der Waals surface area (Å²) >= 11 is 0. The predicted molar refractivity (Wildman–Crippen MR) is 107 cm³/mol. The fourth-order valence-corrected chi connectivity index (χ4v) is 4.36. The average molecular weight is 358 g/mol. The Bertz CT molecular complexity index is 966. The molecule has 0 spiro atoms. The highest BCUT2D eigenvalue weighted by Crippen LogP contribution is 2.39. The quantitative estimate of drug-likeness (QED) is 0.698. The van der Waals surface area contributed by atoms with Crippen molar-refractivity contribution < 1.29 is 4.79 Å². The van der Waals surface area contributed by atoms with Gasteiger partial charge in [-0.25, -0.2) is 4.68 Å². The van der Waals surface area contributed by atoms with E-state index in [2.05, 4.69) is 28.2 Å². The summed E-state index contributed by atoms with van der Waals surface area (Å²) in [6.45, 7) is 1.82. The third-order valence-electron chi connectivity index (χ3n) is 5.63. The van der Waals surface area contributed by atoms with Crippen molar-refractivity contribution in [1.82, 2.24) is 9.78 Å². The summed E-state index contributed by atoms with van der Waals surface area (Å²) in [5.41, 5.74) is 3.69. The largest absolute Gasteiger partial charge is 0.365 e. The van der Waals surface area contributed by atoms with Crippen molar-refractivity contribution in [3.05, 3.63) is 72.6 Å². The third kappa shape index (κ3) is 2.70. The Morgan fingerprint density at radius 3 is 2.52 bits per heavy atom. The number of rotatable bonds is 2. The SMILES string of the molecule is O=C(c1ccccc1-n1cccn1)N1CC2CCCCN2c2ccccc21. The molecule has 3 aromatic rings. The van der Waals surface area contributed by atoms with Crippen molar-refractivity contribution in [3.8, 4) is 5.69 Å². The summed E-state index contributed by atoms with van der Waals surface area (Å²) in [6, 6.07) is 18.3. The topological polar surface area (TPSA) is 41.4 Å². The third-order valence-corrected chi connectivity index (χ3v) is 5.63. The molecule has 5 heteroatoms. The van der Waals surface area contributed by atoms with Crippen LogP contribution in [0.15, 0.2) is 67.0 Å². The van der Waals surface area contributed by atoms with E-state index < -0.39 is 0 Å². The molecule has 1 atom stereocenters. The van der Waals surface area contributed by atoms with Crippen molar-refractivity contribution in [3.63, 3.8) is 0 Å². The lowest BCUT2D eigenvalue weighted by Gasteiger charge is -2.46. The summed E-state index contributed by atoms with van der Waals surface area (Å²) < 4.78 is 1.76. The van der Waals surface area contributed by atoms with Crippen LogP contribution in [0.4, 0.5) is 11.4 Å². The van der Waals surface area contributed by atoms with Gasteiger partial charge in [0.2, 0.25) is 0 Å². The molecule has 3 heterocycles. The molecule has 0 N–H and O–H groups in total. The molecule has 2 aliphatic rings. The number of fused-ring (bicyclic) bond motifs is 3. The lowest BCUT2D eigenvalue weighted by atomic mass is 9.96. The minimum absolute atomic E-state index is 0.0405. The molecule has 1 aromatic heterocycles. The van der Waals surface area contributed by atoms with Gasteiger partial charge in [-0.15, -0.1) is 0 Å². The van der Waals surface area contributed by atoms with Crippen LogP contribution in [0.2, 0.25) is 0 Å². The van der Waals surface area contributed by atoms with E-state index in [9.17, 15) is 4.79 Å². The maximum atomic E-state index is 13.6. The van der Waals surface area contributed by atoms with Crippen LogP contribution < -0.4 is 9.80 Å². The zero-order valence-corrected chi connectivity index (χ0v) is 15.2. The van der Waals surface area contributed by atoms with Crippen molar-refractivity contribution in [1.29, 1.82) is 0 Å². The molecular formula is C22H22N4O. The van der Waals surface area contributed by atoms with Gasteiger partial charge in [-0.3, -0.25) is 4.79 Å². The lowest BCUT2D eigenvalue weighted by molar-refractivity contribution is 0.0982. The molecule has 27 heavy (non-hydrogen) atoms. The number of anilines is 2. The Morgan fingerprint density at radius 1 is 0.926 bits per heavy atom. The second-order valence-corrected chi connectivity index (χ2v) is 7.22. The summed E-state index contributed by atoms with van der Waals surface area (Å²) in [5, 5.41) is 4.32. The van der Waals surface area contributed by atoms with Gasteiger partial charge in [0.05, 0.1) is 22.6 Å². The molecule has 1 unspecified atom stereocenters. The number of aromatic nitrogens is 2. The minimum atomic E-state index is 0.0405. The molecule has 5 rings (SSSR count). The van der Waals surface area contributed by atoms with E-state index in [0.717, 1.165) is 30.9 Å². The number of hydrogen-bond donors (Lipinski definition) is 0. The van der Waals surface area contributed by atoms with Crippen molar-refractivity contribution in [2.24, 2.45) is 0 Å². The number of carbonyl (C=O) groups is 1. The van der Waals surface area contributed by atoms with Crippen molar-refractivity contribution >= 4 is 17.3 Å². The van der Waals surface area contributed by atoms with E-state index in [-0.39, 0.29) is 5.91 Å². The Morgan fingerprint density at radius 2 is 1.70 bits per heavy atom. The van der Waals surface area contributed by atoms with Gasteiger partial charge in [0, 0.05) is 31.5 Å². The van der Waals surface area contributed by atoms with Gasteiger partial charge < -0.3 is 9.80 Å². The maximum Gasteiger partial charge on any atom is 0.260 e. The molecule has 0 aliphatic carbocycles. The van der Waals surface area contributed by atoms with Gasteiger partial charge in [0.15, 0.2) is 0 Å². The molecular weight excluding hydrogens is 336 g/mol. The van der Waals surface area contributed by atoms with Gasteiger partial charge in [-0.05, 0) is 49.6 Å². The van der Waals surface area contributed by atoms with Crippen LogP contribution in [-0.4, -0.2) is 34.8 Å². The number of benzene rings is 2. The summed E-state index contributed by atoms with van der Waals surface area (Å²) in [7, 11) is 0. The highest BCUT2D eigenvalue weighted by atomic mass is 16.2. The monoisotopic (exact) mass is 358 g/mol. The van der Waals surface area contributed by atoms with Gasteiger partial charge in [0.1, 0.15) is 0 Å². The Balaban J connectivity index is 1.58. The van der Waals surface area contributed by atoms with Crippen LogP contribution in [0.5, 0.6) is 0 Å². The Labute approximate surface area is 158 Å². The van der Waals surface area contributed by atoms with E-state index in [1.54, 1.807) is 10.9 Å². The van der Waals surface area contributed by atoms with Crippen LogP contribution in [0.1, 0.15) is 29.6 Å². The standard InChI is InChI=1S/C22H22N4O/c27-22(18-9-1-2-10-19(18)26-15-7-13-23-26)25-16-17-8-5-6-14-24(17)20-11-3-4-12-21(20)25/h1-4,7,9-13,15,17H,5-6,8,14,16H2. The van der Waals surface area contributed by atoms with Crippen LogP contribution in [-0.2, 0) is 0 Å². The first-order valence-corrected chi connectivity index (χ1v) is 9.59. The molecule has 1 saturated heterocycles. The molecule has 136 valence electrons. The van der Waals surface area contributed by atoms with Crippen LogP contribution in [0.3, 0.4) is 0 Å². The van der Waals surface area contributed by atoms with Gasteiger partial charge in [0.25, 0.3) is 5.91 Å². The molecule has 2 aliphatic heterocycles. The number of para-hydroxylation sites is 3. The zero-order chi connectivity index (χ0) is 18.2. The highest BCUT2D eigenvalue weighted by molar-refractivity contribution is 6.10. The molecule has 1 amide bonds. The number of carbonyl (C=O) groups excluding carboxylic acids is 1. The fraction of sp³-hybridized carbons (Fsp3) is 0.273. The highest BCUT2D eigenvalue weighted by Gasteiger charge is 2.35. The van der Waals surface area contributed by atoms with E-state index in [4.69, 9.17) is 0 Å². The number of nitrogens with zero attached hydrogens (tertiary/aromatic N) is 4. The second kappa shape index (κ2) is 6.58. The van der Waals surface area contributed by atoms with Gasteiger partial charge >= 0.3 is 0 Å². The average Bonchev–Trinajstić information content (AvgIpc) is 3.27. The van der Waals surface area contributed by atoms with Crippen LogP contribution >= 0.6 is 0 Å². The van der Waals surface area contributed by atoms with E-state index in [0.29, 0.717) is 11.6 Å². The number of amides is 1. The van der Waals surface area contributed by atoms with Crippen LogP contribution in [0, 0.1) is 0 Å². The lowest BCUT2D eigenvalue weighted by Crippen LogP contribution is -2.53. The second-order valence-electron chi connectivity index (χ2n) is 7.22. The van der Waals surface area contributed by atoms with Crippen molar-refractivity contribution in [2.75, 3.05) is 22.9 Å². The first kappa shape index (κ1) is 16.1. The summed E-state index contributed by atoms with van der Waals surface area (Å²) in [4.78, 5) is 18.1. The Hall–Kier alpha value is -3.08. The fourth-order valence-electron chi connectivity index (χ4n) is 4.36. The first-order chi connectivity index (χ1) is 13.3. The Kier molecular flexibility index (Phi) is 3.93. The van der Waals surface area contributed by atoms with E-state index >= 15 is 0 Å². The number of piperidine rings is 1. The molecule has 0 radical (unpaired) electrons. The predicted octanol–water partition coefficient (Wildman–Crippen LogP) is 3.89. The molecule has 1 fully saturated rings. The first-order valence-electron chi connectivity index (χ1n) is 9.59. The number of hydrogen-bond acceptors (Lipinski definition) is 3. The zero-order valence-electron chi connectivity index (χ0n) is 15.2. The molecule has 2 aromatic carbocycles. The summed E-state index contributed by atoms with van der Waals surface area (Å²) in [5.74, 6) is 0.0405. The molecule has 0 saturated carbocycles. The summed E-state index contributed by atoms with van der Waals surface area (Å²) in [6.07, 6.45) is 7.20. The van der Waals surface area contributed by atoms with Crippen LogP contribution in [0.25, 0.3) is 5.69 Å². The van der Waals surface area contributed by atoms with Gasteiger partial charge in [-0.2, -0.15) is 5.10 Å².